The zero-order chi connectivity index (χ0) is 13.0. The van der Waals surface area contributed by atoms with Crippen molar-refractivity contribution in [1.82, 2.24) is 4.90 Å². The van der Waals surface area contributed by atoms with Crippen molar-refractivity contribution < 1.29 is 19.1 Å². The molecule has 0 aromatic carbocycles. The quantitative estimate of drug-likeness (QED) is 0.887. The van der Waals surface area contributed by atoms with E-state index < -0.39 is 5.97 Å². The average Bonchev–Trinajstić information content (AvgIpc) is 2.76. The number of hydrogen-bond donors (Lipinski definition) is 1. The third-order valence-corrected chi connectivity index (χ3v) is 3.32. The molecule has 1 aromatic rings. The monoisotopic (exact) mass is 251 g/mol. The molecule has 1 amide bonds. The van der Waals surface area contributed by atoms with Gasteiger partial charge in [-0.1, -0.05) is 0 Å². The molecule has 0 bridgehead atoms. The number of hydrogen-bond acceptors (Lipinski definition) is 3. The van der Waals surface area contributed by atoms with Crippen molar-refractivity contribution >= 4 is 11.9 Å². The van der Waals surface area contributed by atoms with Crippen LogP contribution in [0.25, 0.3) is 0 Å². The van der Waals surface area contributed by atoms with Crippen molar-refractivity contribution in [3.8, 4) is 0 Å². The Kier molecular flexibility index (Phi) is 4.02. The average molecular weight is 251 g/mol. The second kappa shape index (κ2) is 5.71. The fraction of sp³-hybridized carbons (Fsp3) is 0.538. The first-order valence-corrected chi connectivity index (χ1v) is 6.17. The summed E-state index contributed by atoms with van der Waals surface area (Å²) in [5, 5.41) is 8.78. The Balaban J connectivity index is 1.92. The standard InChI is InChI=1S/C13H17NO4/c15-12-4-3-10(8-13(16)17)5-6-14(12)9-11-2-1-7-18-11/h1-2,7,10H,3-6,8-9H2,(H,16,17). The first kappa shape index (κ1) is 12.7. The highest BCUT2D eigenvalue weighted by atomic mass is 16.4. The zero-order valence-electron chi connectivity index (χ0n) is 10.2. The van der Waals surface area contributed by atoms with Gasteiger partial charge in [-0.05, 0) is 30.9 Å². The number of amides is 1. The Morgan fingerprint density at radius 3 is 3.00 bits per heavy atom. The molecular formula is C13H17NO4. The molecule has 2 heterocycles. The Bertz CT molecular complexity index is 413. The molecule has 1 N–H and O–H groups in total. The number of nitrogens with zero attached hydrogens (tertiary/aromatic N) is 1. The van der Waals surface area contributed by atoms with E-state index in [-0.39, 0.29) is 18.2 Å². The molecule has 5 nitrogen and oxygen atoms in total. The Morgan fingerprint density at radius 2 is 2.33 bits per heavy atom. The van der Waals surface area contributed by atoms with Gasteiger partial charge in [0.05, 0.1) is 12.8 Å². The normalized spacial score (nSPS) is 20.8. The van der Waals surface area contributed by atoms with E-state index in [1.54, 1.807) is 17.2 Å². The summed E-state index contributed by atoms with van der Waals surface area (Å²) in [5.41, 5.74) is 0. The largest absolute Gasteiger partial charge is 0.481 e. The fourth-order valence-electron chi connectivity index (χ4n) is 2.30. The van der Waals surface area contributed by atoms with Gasteiger partial charge in [0.2, 0.25) is 5.91 Å². The van der Waals surface area contributed by atoms with Gasteiger partial charge in [0.25, 0.3) is 0 Å². The lowest BCUT2D eigenvalue weighted by molar-refractivity contribution is -0.138. The van der Waals surface area contributed by atoms with Gasteiger partial charge >= 0.3 is 5.97 Å². The minimum Gasteiger partial charge on any atom is -0.481 e. The molecule has 1 atom stereocenters. The Labute approximate surface area is 105 Å². The van der Waals surface area contributed by atoms with Gasteiger partial charge in [0.15, 0.2) is 0 Å². The lowest BCUT2D eigenvalue weighted by Crippen LogP contribution is -2.29. The van der Waals surface area contributed by atoms with Crippen LogP contribution >= 0.6 is 0 Å². The molecule has 1 aromatic heterocycles. The molecule has 0 aliphatic carbocycles. The number of carboxylic acid groups (broad SMARTS) is 1. The van der Waals surface area contributed by atoms with Gasteiger partial charge in [-0.3, -0.25) is 9.59 Å². The van der Waals surface area contributed by atoms with Crippen LogP contribution in [0, 0.1) is 5.92 Å². The van der Waals surface area contributed by atoms with E-state index in [9.17, 15) is 9.59 Å². The van der Waals surface area contributed by atoms with Crippen LogP contribution in [0.15, 0.2) is 22.8 Å². The van der Waals surface area contributed by atoms with Crippen molar-refractivity contribution in [2.45, 2.75) is 32.2 Å². The maximum atomic E-state index is 11.9. The highest BCUT2D eigenvalue weighted by Gasteiger charge is 2.24. The number of carbonyl (C=O) groups is 2. The first-order valence-electron chi connectivity index (χ1n) is 6.17. The number of likely N-dealkylation sites (tertiary alicyclic amines) is 1. The molecule has 1 aliphatic heterocycles. The summed E-state index contributed by atoms with van der Waals surface area (Å²) in [5.74, 6) is 0.166. The van der Waals surface area contributed by atoms with Crippen LogP contribution in [0.1, 0.15) is 31.4 Å². The minimum atomic E-state index is -0.785. The molecule has 0 radical (unpaired) electrons. The second-order valence-electron chi connectivity index (χ2n) is 4.69. The number of aliphatic carboxylic acids is 1. The highest BCUT2D eigenvalue weighted by molar-refractivity contribution is 5.76. The summed E-state index contributed by atoms with van der Waals surface area (Å²) in [6, 6.07) is 3.64. The first-order chi connectivity index (χ1) is 8.65. The molecule has 1 aliphatic rings. The zero-order valence-corrected chi connectivity index (χ0v) is 10.2. The van der Waals surface area contributed by atoms with Crippen LogP contribution in [0.4, 0.5) is 0 Å². The van der Waals surface area contributed by atoms with Gasteiger partial charge in [-0.25, -0.2) is 0 Å². The molecule has 18 heavy (non-hydrogen) atoms. The fourth-order valence-corrected chi connectivity index (χ4v) is 2.30. The van der Waals surface area contributed by atoms with Crippen LogP contribution in [-0.4, -0.2) is 28.4 Å². The summed E-state index contributed by atoms with van der Waals surface area (Å²) in [6.45, 7) is 1.09. The van der Waals surface area contributed by atoms with Crippen LogP contribution in [0.5, 0.6) is 0 Å². The maximum absolute atomic E-state index is 11.9. The molecule has 0 saturated carbocycles. The van der Waals surface area contributed by atoms with Gasteiger partial charge in [0, 0.05) is 19.4 Å². The van der Waals surface area contributed by atoms with E-state index in [1.807, 2.05) is 6.07 Å². The molecule has 5 heteroatoms. The van der Waals surface area contributed by atoms with E-state index in [0.29, 0.717) is 25.9 Å². The van der Waals surface area contributed by atoms with Crippen molar-refractivity contribution in [2.75, 3.05) is 6.54 Å². The molecule has 1 unspecified atom stereocenters. The van der Waals surface area contributed by atoms with E-state index in [2.05, 4.69) is 0 Å². The van der Waals surface area contributed by atoms with E-state index in [0.717, 1.165) is 12.2 Å². The van der Waals surface area contributed by atoms with Gasteiger partial charge in [-0.2, -0.15) is 0 Å². The molecule has 1 saturated heterocycles. The Hall–Kier alpha value is -1.78. The SMILES string of the molecule is O=C(O)CC1CCC(=O)N(Cc2ccco2)CC1. The minimum absolute atomic E-state index is 0.0827. The van der Waals surface area contributed by atoms with E-state index in [1.165, 1.54) is 0 Å². The third kappa shape index (κ3) is 3.35. The molecule has 0 spiro atoms. The maximum Gasteiger partial charge on any atom is 0.303 e. The predicted octanol–water partition coefficient (Wildman–Crippen LogP) is 1.88. The van der Waals surface area contributed by atoms with Gasteiger partial charge < -0.3 is 14.4 Å². The van der Waals surface area contributed by atoms with Gasteiger partial charge in [0.1, 0.15) is 5.76 Å². The summed E-state index contributed by atoms with van der Waals surface area (Å²) >= 11 is 0. The van der Waals surface area contributed by atoms with Crippen LogP contribution in [-0.2, 0) is 16.1 Å². The Morgan fingerprint density at radius 1 is 1.50 bits per heavy atom. The van der Waals surface area contributed by atoms with E-state index >= 15 is 0 Å². The predicted molar refractivity (Wildman–Crippen MR) is 63.7 cm³/mol. The summed E-state index contributed by atoms with van der Waals surface area (Å²) in [4.78, 5) is 24.3. The van der Waals surface area contributed by atoms with Gasteiger partial charge in [-0.15, -0.1) is 0 Å². The number of carbonyl (C=O) groups excluding carboxylic acids is 1. The highest BCUT2D eigenvalue weighted by Crippen LogP contribution is 2.22. The summed E-state index contributed by atoms with van der Waals surface area (Å²) < 4.78 is 5.23. The smallest absolute Gasteiger partial charge is 0.303 e. The summed E-state index contributed by atoms with van der Waals surface area (Å²) in [6.07, 6.45) is 3.59. The van der Waals surface area contributed by atoms with E-state index in [4.69, 9.17) is 9.52 Å². The molecular weight excluding hydrogens is 234 g/mol. The van der Waals surface area contributed by atoms with Crippen molar-refractivity contribution in [2.24, 2.45) is 5.92 Å². The van der Waals surface area contributed by atoms with Crippen molar-refractivity contribution in [3.63, 3.8) is 0 Å². The molecule has 1 fully saturated rings. The lowest BCUT2D eigenvalue weighted by Gasteiger charge is -2.19. The number of rotatable bonds is 4. The summed E-state index contributed by atoms with van der Waals surface area (Å²) in [7, 11) is 0. The lowest BCUT2D eigenvalue weighted by atomic mass is 9.97. The van der Waals surface area contributed by atoms with Crippen LogP contribution in [0.2, 0.25) is 0 Å². The molecule has 2 rings (SSSR count). The molecule has 98 valence electrons. The topological polar surface area (TPSA) is 70.8 Å². The number of furan rings is 1. The van der Waals surface area contributed by atoms with Crippen molar-refractivity contribution in [3.05, 3.63) is 24.2 Å². The van der Waals surface area contributed by atoms with Crippen molar-refractivity contribution in [1.29, 1.82) is 0 Å². The second-order valence-corrected chi connectivity index (χ2v) is 4.69. The third-order valence-electron chi connectivity index (χ3n) is 3.32. The van der Waals surface area contributed by atoms with Crippen LogP contribution < -0.4 is 0 Å². The number of carboxylic acids is 1. The van der Waals surface area contributed by atoms with Crippen LogP contribution in [0.3, 0.4) is 0 Å².